The molecule has 138 valence electrons. The topological polar surface area (TPSA) is 111 Å². The lowest BCUT2D eigenvalue weighted by atomic mass is 9.96. The smallest absolute Gasteiger partial charge is 0.307 e. The van der Waals surface area contributed by atoms with Gasteiger partial charge in [-0.25, -0.2) is 8.42 Å². The Hall–Kier alpha value is -1.87. The molecule has 1 aromatic heterocycles. The fourth-order valence-corrected chi connectivity index (χ4v) is 5.19. The summed E-state index contributed by atoms with van der Waals surface area (Å²) in [5.41, 5.74) is 0.250. The van der Waals surface area contributed by atoms with E-state index in [0.29, 0.717) is 25.9 Å². The molecule has 2 N–H and O–H groups in total. The molecule has 0 aliphatic carbocycles. The highest BCUT2D eigenvalue weighted by molar-refractivity contribution is 7.89. The summed E-state index contributed by atoms with van der Waals surface area (Å²) in [6.07, 6.45) is 4.20. The number of aromatic amines is 1. The number of piperidine rings is 1. The minimum atomic E-state index is -3.85. The number of likely N-dealkylation sites (tertiary alicyclic amines) is 1. The number of carboxylic acid groups (broad SMARTS) is 1. The predicted molar refractivity (Wildman–Crippen MR) is 89.6 cm³/mol. The second-order valence-corrected chi connectivity index (χ2v) is 8.68. The van der Waals surface area contributed by atoms with E-state index in [0.717, 1.165) is 12.8 Å². The normalized spacial score (nSPS) is 25.2. The van der Waals surface area contributed by atoms with Gasteiger partial charge in [-0.1, -0.05) is 0 Å². The third kappa shape index (κ3) is 3.43. The van der Waals surface area contributed by atoms with Crippen molar-refractivity contribution in [1.29, 1.82) is 0 Å². The maximum Gasteiger partial charge on any atom is 0.307 e. The van der Waals surface area contributed by atoms with E-state index in [4.69, 9.17) is 0 Å². The van der Waals surface area contributed by atoms with E-state index in [1.54, 1.807) is 11.8 Å². The van der Waals surface area contributed by atoms with Gasteiger partial charge in [0.2, 0.25) is 10.0 Å². The number of carbonyl (C=O) groups is 2. The number of aromatic nitrogens is 1. The van der Waals surface area contributed by atoms with Crippen molar-refractivity contribution >= 4 is 21.9 Å². The second-order valence-electron chi connectivity index (χ2n) is 6.78. The molecular formula is C16H23N3O5S. The van der Waals surface area contributed by atoms with Crippen LogP contribution >= 0.6 is 0 Å². The number of carboxylic acids is 1. The van der Waals surface area contributed by atoms with Crippen LogP contribution in [0.25, 0.3) is 0 Å². The average molecular weight is 369 g/mol. The van der Waals surface area contributed by atoms with Gasteiger partial charge in [0.25, 0.3) is 5.91 Å². The van der Waals surface area contributed by atoms with Crippen molar-refractivity contribution in [3.63, 3.8) is 0 Å². The third-order valence-corrected chi connectivity index (χ3v) is 7.02. The lowest BCUT2D eigenvalue weighted by Crippen LogP contribution is -2.47. The van der Waals surface area contributed by atoms with Crippen molar-refractivity contribution in [2.24, 2.45) is 5.92 Å². The van der Waals surface area contributed by atoms with Gasteiger partial charge in [0.05, 0.1) is 5.92 Å². The van der Waals surface area contributed by atoms with Crippen molar-refractivity contribution in [3.8, 4) is 0 Å². The molecule has 0 saturated carbocycles. The van der Waals surface area contributed by atoms with Crippen LogP contribution < -0.4 is 0 Å². The van der Waals surface area contributed by atoms with E-state index in [2.05, 4.69) is 4.98 Å². The Labute approximate surface area is 146 Å². The number of nitrogens with zero attached hydrogens (tertiary/aromatic N) is 2. The van der Waals surface area contributed by atoms with E-state index >= 15 is 0 Å². The average Bonchev–Trinajstić information content (AvgIpc) is 3.26. The molecule has 2 fully saturated rings. The molecule has 1 aromatic rings. The largest absolute Gasteiger partial charge is 0.481 e. The van der Waals surface area contributed by atoms with Gasteiger partial charge >= 0.3 is 5.97 Å². The lowest BCUT2D eigenvalue weighted by molar-refractivity contribution is -0.143. The SMILES string of the molecule is CC1CCC(C(=O)O)CN1S(=O)(=O)c1c[nH]c(C(=O)N2CCCC2)c1. The van der Waals surface area contributed by atoms with Gasteiger partial charge in [-0.05, 0) is 38.7 Å². The number of aliphatic carboxylic acids is 1. The number of rotatable bonds is 4. The van der Waals surface area contributed by atoms with Crippen LogP contribution in [0.5, 0.6) is 0 Å². The van der Waals surface area contributed by atoms with Gasteiger partial charge in [-0.15, -0.1) is 0 Å². The minimum absolute atomic E-state index is 0.00735. The molecule has 3 heterocycles. The zero-order chi connectivity index (χ0) is 18.2. The second kappa shape index (κ2) is 6.80. The molecule has 3 rings (SSSR count). The zero-order valence-electron chi connectivity index (χ0n) is 14.1. The monoisotopic (exact) mass is 369 g/mol. The molecule has 1 amide bonds. The summed E-state index contributed by atoms with van der Waals surface area (Å²) in [4.78, 5) is 28.1. The van der Waals surface area contributed by atoms with Crippen LogP contribution in [0.4, 0.5) is 0 Å². The Morgan fingerprint density at radius 3 is 2.56 bits per heavy atom. The number of sulfonamides is 1. The van der Waals surface area contributed by atoms with Gasteiger partial charge in [-0.3, -0.25) is 9.59 Å². The number of hydrogen-bond donors (Lipinski definition) is 2. The summed E-state index contributed by atoms with van der Waals surface area (Å²) in [6.45, 7) is 3.10. The van der Waals surface area contributed by atoms with Crippen LogP contribution in [0.1, 0.15) is 43.1 Å². The van der Waals surface area contributed by atoms with Gasteiger partial charge in [0, 0.05) is 31.9 Å². The number of carbonyl (C=O) groups excluding carboxylic acids is 1. The van der Waals surface area contributed by atoms with Crippen molar-refractivity contribution in [2.75, 3.05) is 19.6 Å². The molecule has 2 unspecified atom stereocenters. The van der Waals surface area contributed by atoms with Gasteiger partial charge in [0.15, 0.2) is 0 Å². The highest BCUT2D eigenvalue weighted by Crippen LogP contribution is 2.29. The summed E-state index contributed by atoms with van der Waals surface area (Å²) >= 11 is 0. The van der Waals surface area contributed by atoms with Gasteiger partial charge < -0.3 is 15.0 Å². The maximum absolute atomic E-state index is 12.9. The quantitative estimate of drug-likeness (QED) is 0.826. The van der Waals surface area contributed by atoms with Crippen molar-refractivity contribution in [1.82, 2.24) is 14.2 Å². The van der Waals surface area contributed by atoms with Crippen molar-refractivity contribution < 1.29 is 23.1 Å². The molecule has 2 atom stereocenters. The highest BCUT2D eigenvalue weighted by Gasteiger charge is 2.38. The van der Waals surface area contributed by atoms with E-state index in [1.807, 2.05) is 0 Å². The Kier molecular flexibility index (Phi) is 4.88. The Bertz CT molecular complexity index is 766. The standard InChI is InChI=1S/C16H23N3O5S/c1-11-4-5-12(16(21)22)10-19(11)25(23,24)13-8-14(17-9-13)15(20)18-6-2-3-7-18/h8-9,11-12,17H,2-7,10H2,1H3,(H,21,22). The molecule has 2 aliphatic rings. The molecule has 2 saturated heterocycles. The first kappa shape index (κ1) is 17.9. The minimum Gasteiger partial charge on any atom is -0.481 e. The van der Waals surface area contributed by atoms with E-state index < -0.39 is 21.9 Å². The first-order valence-corrected chi connectivity index (χ1v) is 9.97. The zero-order valence-corrected chi connectivity index (χ0v) is 15.0. The predicted octanol–water partition coefficient (Wildman–Crippen LogP) is 1.12. The molecule has 0 spiro atoms. The van der Waals surface area contributed by atoms with Crippen LogP contribution in [-0.2, 0) is 14.8 Å². The van der Waals surface area contributed by atoms with Crippen LogP contribution in [-0.4, -0.2) is 65.3 Å². The number of H-pyrrole nitrogens is 1. The summed E-state index contributed by atoms with van der Waals surface area (Å²) in [5, 5.41) is 9.20. The van der Waals surface area contributed by atoms with Crippen molar-refractivity contribution in [3.05, 3.63) is 18.0 Å². The highest BCUT2D eigenvalue weighted by atomic mass is 32.2. The fraction of sp³-hybridized carbons (Fsp3) is 0.625. The van der Waals surface area contributed by atoms with Crippen molar-refractivity contribution in [2.45, 2.75) is 43.5 Å². The van der Waals surface area contributed by atoms with E-state index in [9.17, 15) is 23.1 Å². The molecule has 2 aliphatic heterocycles. The third-order valence-electron chi connectivity index (χ3n) is 5.06. The molecule has 8 nitrogen and oxygen atoms in total. The first-order chi connectivity index (χ1) is 11.8. The Balaban J connectivity index is 1.82. The lowest BCUT2D eigenvalue weighted by Gasteiger charge is -2.35. The van der Waals surface area contributed by atoms with E-state index in [-0.39, 0.29) is 29.1 Å². The van der Waals surface area contributed by atoms with Gasteiger partial charge in [0.1, 0.15) is 10.6 Å². The maximum atomic E-state index is 12.9. The van der Waals surface area contributed by atoms with Crippen LogP contribution in [0.2, 0.25) is 0 Å². The number of nitrogens with one attached hydrogen (secondary N) is 1. The Morgan fingerprint density at radius 1 is 1.24 bits per heavy atom. The van der Waals surface area contributed by atoms with Crippen LogP contribution in [0.15, 0.2) is 17.2 Å². The fourth-order valence-electron chi connectivity index (χ4n) is 3.48. The summed E-state index contributed by atoms with van der Waals surface area (Å²) in [6, 6.07) is 1.08. The molecule has 9 heteroatoms. The molecular weight excluding hydrogens is 346 g/mol. The molecule has 0 bridgehead atoms. The molecule has 25 heavy (non-hydrogen) atoms. The summed E-state index contributed by atoms with van der Waals surface area (Å²) < 4.78 is 27.1. The summed E-state index contributed by atoms with van der Waals surface area (Å²) in [7, 11) is -3.85. The number of hydrogen-bond acceptors (Lipinski definition) is 4. The molecule has 0 aromatic carbocycles. The van der Waals surface area contributed by atoms with Crippen LogP contribution in [0.3, 0.4) is 0 Å². The van der Waals surface area contributed by atoms with E-state index in [1.165, 1.54) is 16.6 Å². The number of amides is 1. The Morgan fingerprint density at radius 2 is 1.92 bits per heavy atom. The summed E-state index contributed by atoms with van der Waals surface area (Å²) in [5.74, 6) is -1.88. The van der Waals surface area contributed by atoms with Gasteiger partial charge in [-0.2, -0.15) is 4.31 Å². The van der Waals surface area contributed by atoms with Crippen LogP contribution in [0, 0.1) is 5.92 Å². The molecule has 0 radical (unpaired) electrons. The first-order valence-electron chi connectivity index (χ1n) is 8.53.